The van der Waals surface area contributed by atoms with Gasteiger partial charge in [-0.2, -0.15) is 9.40 Å². The third-order valence-electron chi connectivity index (χ3n) is 4.56. The lowest BCUT2D eigenvalue weighted by Crippen LogP contribution is -2.41. The standard InChI is InChI=1S/C18H23ClN4O4S/c1-13-18(28(25,26)22-6-8-27-9-7-22)14(2)23(21-13)12-17(24)20-11-15-4-3-5-16(19)10-15/h3-5,10H,6-9,11-12H2,1-2H3,(H,20,24). The summed E-state index contributed by atoms with van der Waals surface area (Å²) in [5.41, 5.74) is 1.71. The first-order chi connectivity index (χ1) is 13.3. The number of sulfonamides is 1. The number of benzene rings is 1. The van der Waals surface area contributed by atoms with Gasteiger partial charge in [-0.25, -0.2) is 8.42 Å². The Kier molecular flexibility index (Phi) is 6.39. The number of nitrogens with zero attached hydrogens (tertiary/aromatic N) is 3. The van der Waals surface area contributed by atoms with Gasteiger partial charge in [-0.05, 0) is 31.5 Å². The molecule has 1 aromatic carbocycles. The Morgan fingerprint density at radius 2 is 2.00 bits per heavy atom. The lowest BCUT2D eigenvalue weighted by molar-refractivity contribution is -0.122. The summed E-state index contributed by atoms with van der Waals surface area (Å²) < 4.78 is 34.0. The quantitative estimate of drug-likeness (QED) is 0.755. The van der Waals surface area contributed by atoms with Crippen LogP contribution in [-0.2, 0) is 32.6 Å². The zero-order valence-corrected chi connectivity index (χ0v) is 17.4. The monoisotopic (exact) mass is 426 g/mol. The van der Waals surface area contributed by atoms with Crippen molar-refractivity contribution >= 4 is 27.5 Å². The van der Waals surface area contributed by atoms with Gasteiger partial charge in [-0.15, -0.1) is 0 Å². The predicted molar refractivity (Wildman–Crippen MR) is 105 cm³/mol. The van der Waals surface area contributed by atoms with Crippen LogP contribution in [0.3, 0.4) is 0 Å². The molecule has 0 atom stereocenters. The fraction of sp³-hybridized carbons (Fsp3) is 0.444. The molecule has 0 saturated carbocycles. The zero-order chi connectivity index (χ0) is 20.3. The van der Waals surface area contributed by atoms with Gasteiger partial charge in [0.05, 0.1) is 24.6 Å². The Hall–Kier alpha value is -1.94. The maximum Gasteiger partial charge on any atom is 0.246 e. The average molecular weight is 427 g/mol. The first-order valence-electron chi connectivity index (χ1n) is 8.92. The highest BCUT2D eigenvalue weighted by atomic mass is 35.5. The van der Waals surface area contributed by atoms with Crippen LogP contribution in [0.1, 0.15) is 17.0 Å². The molecule has 1 aliphatic heterocycles. The van der Waals surface area contributed by atoms with Crippen LogP contribution in [0.5, 0.6) is 0 Å². The van der Waals surface area contributed by atoms with E-state index in [2.05, 4.69) is 10.4 Å². The Bertz CT molecular complexity index is 968. The van der Waals surface area contributed by atoms with Gasteiger partial charge in [0.2, 0.25) is 15.9 Å². The molecule has 2 aromatic rings. The first kappa shape index (κ1) is 20.8. The number of hydrogen-bond donors (Lipinski definition) is 1. The second kappa shape index (κ2) is 8.60. The summed E-state index contributed by atoms with van der Waals surface area (Å²) in [7, 11) is -3.67. The van der Waals surface area contributed by atoms with Gasteiger partial charge in [0, 0.05) is 24.7 Å². The highest BCUT2D eigenvalue weighted by Crippen LogP contribution is 2.24. The van der Waals surface area contributed by atoms with Crippen LogP contribution in [0.25, 0.3) is 0 Å². The molecule has 0 unspecified atom stereocenters. The van der Waals surface area contributed by atoms with E-state index in [9.17, 15) is 13.2 Å². The number of aromatic nitrogens is 2. The lowest BCUT2D eigenvalue weighted by atomic mass is 10.2. The van der Waals surface area contributed by atoms with E-state index in [0.29, 0.717) is 49.3 Å². The number of nitrogens with one attached hydrogen (secondary N) is 1. The topological polar surface area (TPSA) is 93.5 Å². The molecule has 3 rings (SSSR count). The van der Waals surface area contributed by atoms with E-state index in [1.807, 2.05) is 12.1 Å². The Labute approximate surface area is 169 Å². The SMILES string of the molecule is Cc1nn(CC(=O)NCc2cccc(Cl)c2)c(C)c1S(=O)(=O)N1CCOCC1. The zero-order valence-electron chi connectivity index (χ0n) is 15.8. The molecular weight excluding hydrogens is 404 g/mol. The Morgan fingerprint density at radius 1 is 1.29 bits per heavy atom. The van der Waals surface area contributed by atoms with E-state index in [-0.39, 0.29) is 17.3 Å². The van der Waals surface area contributed by atoms with E-state index in [1.165, 1.54) is 8.99 Å². The van der Waals surface area contributed by atoms with Crippen molar-refractivity contribution in [2.75, 3.05) is 26.3 Å². The Balaban J connectivity index is 1.71. The second-order valence-electron chi connectivity index (χ2n) is 6.58. The van der Waals surface area contributed by atoms with Gasteiger partial charge in [-0.3, -0.25) is 9.48 Å². The minimum absolute atomic E-state index is 0.0636. The van der Waals surface area contributed by atoms with Crippen LogP contribution < -0.4 is 5.32 Å². The summed E-state index contributed by atoms with van der Waals surface area (Å²) >= 11 is 5.94. The van der Waals surface area contributed by atoms with Crippen LogP contribution in [0.15, 0.2) is 29.2 Å². The van der Waals surface area contributed by atoms with Crippen molar-refractivity contribution < 1.29 is 17.9 Å². The highest BCUT2D eigenvalue weighted by Gasteiger charge is 2.32. The van der Waals surface area contributed by atoms with Crippen molar-refractivity contribution in [1.29, 1.82) is 0 Å². The van der Waals surface area contributed by atoms with Crippen LogP contribution in [0, 0.1) is 13.8 Å². The molecule has 10 heteroatoms. The molecule has 1 aliphatic rings. The fourth-order valence-electron chi connectivity index (χ4n) is 3.16. The summed E-state index contributed by atoms with van der Waals surface area (Å²) in [5.74, 6) is -0.263. The van der Waals surface area contributed by atoms with Gasteiger partial charge in [0.25, 0.3) is 0 Å². The van der Waals surface area contributed by atoms with Gasteiger partial charge in [-0.1, -0.05) is 23.7 Å². The van der Waals surface area contributed by atoms with E-state index < -0.39 is 10.0 Å². The molecule has 0 spiro atoms. The normalized spacial score (nSPS) is 15.5. The number of halogens is 1. The largest absolute Gasteiger partial charge is 0.379 e. The number of ether oxygens (including phenoxy) is 1. The maximum atomic E-state index is 13.0. The van der Waals surface area contributed by atoms with E-state index in [1.54, 1.807) is 26.0 Å². The number of carbonyl (C=O) groups excluding carboxylic acids is 1. The van der Waals surface area contributed by atoms with Crippen LogP contribution in [0.2, 0.25) is 5.02 Å². The van der Waals surface area contributed by atoms with Crippen molar-refractivity contribution in [3.63, 3.8) is 0 Å². The fourth-order valence-corrected chi connectivity index (χ4v) is 5.16. The van der Waals surface area contributed by atoms with Crippen LogP contribution in [0.4, 0.5) is 0 Å². The molecule has 8 nitrogen and oxygen atoms in total. The Morgan fingerprint density at radius 3 is 2.68 bits per heavy atom. The average Bonchev–Trinajstić information content (AvgIpc) is 2.94. The summed E-state index contributed by atoms with van der Waals surface area (Å²) in [6.07, 6.45) is 0. The third kappa shape index (κ3) is 4.54. The number of amides is 1. The van der Waals surface area contributed by atoms with Gasteiger partial charge in [0.1, 0.15) is 11.4 Å². The van der Waals surface area contributed by atoms with Crippen molar-refractivity contribution in [2.24, 2.45) is 0 Å². The minimum atomic E-state index is -3.67. The van der Waals surface area contributed by atoms with E-state index in [4.69, 9.17) is 16.3 Å². The van der Waals surface area contributed by atoms with Crippen LogP contribution in [-0.4, -0.2) is 54.7 Å². The van der Waals surface area contributed by atoms with E-state index in [0.717, 1.165) is 5.56 Å². The molecule has 1 saturated heterocycles. The molecule has 0 aliphatic carbocycles. The molecule has 2 heterocycles. The molecule has 0 bridgehead atoms. The number of aryl methyl sites for hydroxylation is 1. The number of hydrogen-bond acceptors (Lipinski definition) is 5. The molecular formula is C18H23ClN4O4S. The first-order valence-corrected chi connectivity index (χ1v) is 10.7. The summed E-state index contributed by atoms with van der Waals surface area (Å²) in [5, 5.41) is 7.68. The van der Waals surface area contributed by atoms with E-state index >= 15 is 0 Å². The second-order valence-corrected chi connectivity index (χ2v) is 8.89. The van der Waals surface area contributed by atoms with Crippen molar-refractivity contribution in [2.45, 2.75) is 31.8 Å². The highest BCUT2D eigenvalue weighted by molar-refractivity contribution is 7.89. The maximum absolute atomic E-state index is 13.0. The summed E-state index contributed by atoms with van der Waals surface area (Å²) in [4.78, 5) is 12.5. The molecule has 28 heavy (non-hydrogen) atoms. The predicted octanol–water partition coefficient (Wildman–Crippen LogP) is 1.49. The lowest BCUT2D eigenvalue weighted by Gasteiger charge is -2.26. The smallest absolute Gasteiger partial charge is 0.246 e. The summed E-state index contributed by atoms with van der Waals surface area (Å²) in [6.45, 7) is 4.94. The molecule has 1 aromatic heterocycles. The van der Waals surface area contributed by atoms with Crippen LogP contribution >= 0.6 is 11.6 Å². The number of carbonyl (C=O) groups is 1. The van der Waals surface area contributed by atoms with Crippen molar-refractivity contribution in [1.82, 2.24) is 19.4 Å². The van der Waals surface area contributed by atoms with Crippen molar-refractivity contribution in [3.05, 3.63) is 46.2 Å². The molecule has 1 amide bonds. The third-order valence-corrected chi connectivity index (χ3v) is 6.94. The minimum Gasteiger partial charge on any atom is -0.379 e. The van der Waals surface area contributed by atoms with Gasteiger partial charge >= 0.3 is 0 Å². The number of rotatable bonds is 6. The molecule has 0 radical (unpaired) electrons. The molecule has 1 fully saturated rings. The van der Waals surface area contributed by atoms with Gasteiger partial charge in [0.15, 0.2) is 0 Å². The van der Waals surface area contributed by atoms with Gasteiger partial charge < -0.3 is 10.1 Å². The summed E-state index contributed by atoms with van der Waals surface area (Å²) in [6, 6.07) is 7.22. The molecule has 152 valence electrons. The number of morpholine rings is 1. The molecule has 1 N–H and O–H groups in total. The van der Waals surface area contributed by atoms with Crippen molar-refractivity contribution in [3.8, 4) is 0 Å².